The van der Waals surface area contributed by atoms with Crippen LogP contribution in [-0.4, -0.2) is 10.9 Å². The summed E-state index contributed by atoms with van der Waals surface area (Å²) in [6.07, 6.45) is 1.67. The third-order valence-electron chi connectivity index (χ3n) is 2.82. The van der Waals surface area contributed by atoms with Gasteiger partial charge in [-0.05, 0) is 26.0 Å². The van der Waals surface area contributed by atoms with E-state index in [4.69, 9.17) is 5.73 Å². The molecule has 0 aliphatic carbocycles. The highest BCUT2D eigenvalue weighted by molar-refractivity contribution is 7.09. The van der Waals surface area contributed by atoms with Crippen molar-refractivity contribution < 1.29 is 9.18 Å². The van der Waals surface area contributed by atoms with Crippen LogP contribution in [-0.2, 0) is 0 Å². The zero-order valence-corrected chi connectivity index (χ0v) is 11.4. The van der Waals surface area contributed by atoms with Crippen molar-refractivity contribution in [2.24, 2.45) is 0 Å². The zero-order valence-electron chi connectivity index (χ0n) is 10.6. The summed E-state index contributed by atoms with van der Waals surface area (Å²) >= 11 is 1.45. The second kappa shape index (κ2) is 5.36. The largest absolute Gasteiger partial charge is 0.398 e. The number of aromatic nitrogens is 1. The van der Waals surface area contributed by atoms with E-state index in [-0.39, 0.29) is 23.2 Å². The van der Waals surface area contributed by atoms with E-state index in [1.807, 2.05) is 12.3 Å². The molecule has 1 heterocycles. The minimum absolute atomic E-state index is 0.212. The van der Waals surface area contributed by atoms with E-state index in [1.54, 1.807) is 13.1 Å². The standard InChI is InChI=1S/C13H14FN3OS/c1-7-10(14)5-9(6-11(7)15)12(18)17-8(2)13-16-3-4-19-13/h3-6,8H,15H2,1-2H3,(H,17,18). The summed E-state index contributed by atoms with van der Waals surface area (Å²) in [7, 11) is 0. The number of rotatable bonds is 3. The van der Waals surface area contributed by atoms with Gasteiger partial charge in [-0.1, -0.05) is 0 Å². The van der Waals surface area contributed by atoms with Gasteiger partial charge in [0.05, 0.1) is 6.04 Å². The fourth-order valence-corrected chi connectivity index (χ4v) is 2.27. The van der Waals surface area contributed by atoms with Gasteiger partial charge in [0, 0.05) is 28.4 Å². The van der Waals surface area contributed by atoms with E-state index in [1.165, 1.54) is 23.5 Å². The summed E-state index contributed by atoms with van der Waals surface area (Å²) < 4.78 is 13.5. The van der Waals surface area contributed by atoms with Crippen molar-refractivity contribution in [2.75, 3.05) is 5.73 Å². The molecule has 1 atom stereocenters. The van der Waals surface area contributed by atoms with Crippen LogP contribution in [0.3, 0.4) is 0 Å². The molecular weight excluding hydrogens is 265 g/mol. The third-order valence-corrected chi connectivity index (χ3v) is 3.77. The monoisotopic (exact) mass is 279 g/mol. The van der Waals surface area contributed by atoms with Gasteiger partial charge in [-0.3, -0.25) is 4.79 Å². The van der Waals surface area contributed by atoms with Crippen LogP contribution < -0.4 is 11.1 Å². The quantitative estimate of drug-likeness (QED) is 0.849. The highest BCUT2D eigenvalue weighted by Crippen LogP contribution is 2.19. The highest BCUT2D eigenvalue weighted by Gasteiger charge is 2.15. The van der Waals surface area contributed by atoms with Crippen LogP contribution in [0.25, 0.3) is 0 Å². The van der Waals surface area contributed by atoms with Crippen molar-refractivity contribution >= 4 is 22.9 Å². The lowest BCUT2D eigenvalue weighted by Gasteiger charge is -2.12. The summed E-state index contributed by atoms with van der Waals surface area (Å²) in [5, 5.41) is 5.39. The van der Waals surface area contributed by atoms with Gasteiger partial charge >= 0.3 is 0 Å². The molecule has 19 heavy (non-hydrogen) atoms. The van der Waals surface area contributed by atoms with E-state index >= 15 is 0 Å². The van der Waals surface area contributed by atoms with Crippen LogP contribution in [0, 0.1) is 12.7 Å². The molecule has 4 nitrogen and oxygen atoms in total. The van der Waals surface area contributed by atoms with Crippen LogP contribution in [0.5, 0.6) is 0 Å². The van der Waals surface area contributed by atoms with Gasteiger partial charge in [0.15, 0.2) is 0 Å². The molecule has 0 spiro atoms. The number of nitrogens with zero attached hydrogens (tertiary/aromatic N) is 1. The molecule has 2 rings (SSSR count). The Labute approximate surface area is 114 Å². The topological polar surface area (TPSA) is 68.0 Å². The van der Waals surface area contributed by atoms with Gasteiger partial charge in [-0.2, -0.15) is 0 Å². The predicted molar refractivity (Wildman–Crippen MR) is 73.5 cm³/mol. The number of amides is 1. The van der Waals surface area contributed by atoms with Gasteiger partial charge in [-0.15, -0.1) is 11.3 Å². The molecule has 100 valence electrons. The number of nitrogens with two attached hydrogens (primary N) is 1. The van der Waals surface area contributed by atoms with E-state index in [2.05, 4.69) is 10.3 Å². The molecule has 1 aromatic heterocycles. The van der Waals surface area contributed by atoms with Crippen LogP contribution >= 0.6 is 11.3 Å². The molecule has 6 heteroatoms. The first-order valence-electron chi connectivity index (χ1n) is 5.75. The SMILES string of the molecule is Cc1c(N)cc(C(=O)NC(C)c2nccs2)cc1F. The molecule has 0 saturated heterocycles. The number of carbonyl (C=O) groups excluding carboxylic acids is 1. The molecule has 0 bridgehead atoms. The second-order valence-corrected chi connectivity index (χ2v) is 5.16. The Morgan fingerprint density at radius 1 is 1.53 bits per heavy atom. The Balaban J connectivity index is 2.16. The maximum absolute atomic E-state index is 13.5. The Morgan fingerprint density at radius 2 is 2.26 bits per heavy atom. The molecule has 0 aliphatic heterocycles. The van der Waals surface area contributed by atoms with Crippen molar-refractivity contribution in [1.29, 1.82) is 0 Å². The molecule has 2 aromatic rings. The van der Waals surface area contributed by atoms with Crippen molar-refractivity contribution in [3.63, 3.8) is 0 Å². The molecule has 0 fully saturated rings. The molecule has 0 radical (unpaired) electrons. The minimum atomic E-state index is -0.480. The van der Waals surface area contributed by atoms with Crippen molar-refractivity contribution in [2.45, 2.75) is 19.9 Å². The summed E-state index contributed by atoms with van der Waals surface area (Å²) in [4.78, 5) is 16.1. The third kappa shape index (κ3) is 2.90. The minimum Gasteiger partial charge on any atom is -0.398 e. The summed E-state index contributed by atoms with van der Waals surface area (Å²) in [6, 6.07) is 2.44. The number of hydrogen-bond donors (Lipinski definition) is 2. The molecule has 1 unspecified atom stereocenters. The van der Waals surface area contributed by atoms with E-state index in [0.29, 0.717) is 5.56 Å². The van der Waals surface area contributed by atoms with Gasteiger partial charge in [0.25, 0.3) is 5.91 Å². The predicted octanol–water partition coefficient (Wildman–Crippen LogP) is 2.66. The lowest BCUT2D eigenvalue weighted by Crippen LogP contribution is -2.26. The summed E-state index contributed by atoms with van der Waals surface area (Å²) in [6.45, 7) is 3.40. The number of nitrogens with one attached hydrogen (secondary N) is 1. The number of carbonyl (C=O) groups is 1. The van der Waals surface area contributed by atoms with Crippen LogP contribution in [0.15, 0.2) is 23.7 Å². The van der Waals surface area contributed by atoms with Gasteiger partial charge < -0.3 is 11.1 Å². The molecular formula is C13H14FN3OS. The fraction of sp³-hybridized carbons (Fsp3) is 0.231. The maximum Gasteiger partial charge on any atom is 0.252 e. The van der Waals surface area contributed by atoms with E-state index in [9.17, 15) is 9.18 Å². The lowest BCUT2D eigenvalue weighted by atomic mass is 10.1. The molecule has 1 amide bonds. The Bertz CT molecular complexity index is 575. The summed E-state index contributed by atoms with van der Waals surface area (Å²) in [5.74, 6) is -0.847. The van der Waals surface area contributed by atoms with Gasteiger partial charge in [0.2, 0.25) is 0 Å². The number of anilines is 1. The number of hydrogen-bond acceptors (Lipinski definition) is 4. The molecule has 0 saturated carbocycles. The zero-order chi connectivity index (χ0) is 14.0. The first kappa shape index (κ1) is 13.5. The number of thiazole rings is 1. The Morgan fingerprint density at radius 3 is 2.84 bits per heavy atom. The first-order valence-corrected chi connectivity index (χ1v) is 6.63. The van der Waals surface area contributed by atoms with Crippen molar-refractivity contribution in [1.82, 2.24) is 10.3 Å². The van der Waals surface area contributed by atoms with Crippen LogP contribution in [0.2, 0.25) is 0 Å². The number of benzene rings is 1. The normalized spacial score (nSPS) is 12.2. The molecule has 0 aliphatic rings. The van der Waals surface area contributed by atoms with Crippen molar-refractivity contribution in [3.8, 4) is 0 Å². The van der Waals surface area contributed by atoms with E-state index in [0.717, 1.165) is 5.01 Å². The van der Waals surface area contributed by atoms with Gasteiger partial charge in [0.1, 0.15) is 10.8 Å². The number of halogens is 1. The summed E-state index contributed by atoms with van der Waals surface area (Å²) in [5.41, 5.74) is 6.49. The average Bonchev–Trinajstić information content (AvgIpc) is 2.89. The van der Waals surface area contributed by atoms with E-state index < -0.39 is 5.82 Å². The van der Waals surface area contributed by atoms with Crippen LogP contribution in [0.1, 0.15) is 33.9 Å². The Kier molecular flexibility index (Phi) is 3.80. The number of nitrogen functional groups attached to an aromatic ring is 1. The molecule has 1 aromatic carbocycles. The van der Waals surface area contributed by atoms with Crippen molar-refractivity contribution in [3.05, 3.63) is 45.7 Å². The second-order valence-electron chi connectivity index (χ2n) is 4.24. The molecule has 3 N–H and O–H groups in total. The fourth-order valence-electron chi connectivity index (χ4n) is 1.62. The van der Waals surface area contributed by atoms with Crippen LogP contribution in [0.4, 0.5) is 10.1 Å². The van der Waals surface area contributed by atoms with Gasteiger partial charge in [-0.25, -0.2) is 9.37 Å². The first-order chi connectivity index (χ1) is 8.99. The smallest absolute Gasteiger partial charge is 0.252 e. The maximum atomic E-state index is 13.5. The average molecular weight is 279 g/mol. The highest BCUT2D eigenvalue weighted by atomic mass is 32.1. The lowest BCUT2D eigenvalue weighted by molar-refractivity contribution is 0.0939. The Hall–Kier alpha value is -1.95.